The third kappa shape index (κ3) is 2.11. The van der Waals surface area contributed by atoms with E-state index in [1.807, 2.05) is 24.8 Å². The maximum absolute atomic E-state index is 5.80. The molecular weight excluding hydrogens is 210 g/mol. The first-order valence-corrected chi connectivity index (χ1v) is 6.07. The average molecular weight is 229 g/mol. The summed E-state index contributed by atoms with van der Waals surface area (Å²) in [5, 5.41) is 0. The summed E-state index contributed by atoms with van der Waals surface area (Å²) >= 11 is 0. The zero-order valence-corrected chi connectivity index (χ0v) is 10.2. The molecule has 0 aliphatic carbocycles. The van der Waals surface area contributed by atoms with Crippen molar-refractivity contribution in [3.05, 3.63) is 54.6 Å². The maximum Gasteiger partial charge on any atom is 0.0953 e. The predicted molar refractivity (Wildman–Crippen MR) is 69.7 cm³/mol. The Labute approximate surface area is 102 Å². The zero-order chi connectivity index (χ0) is 12.1. The van der Waals surface area contributed by atoms with Crippen LogP contribution in [0.25, 0.3) is 0 Å². The van der Waals surface area contributed by atoms with Crippen LogP contribution in [-0.4, -0.2) is 16.1 Å². The molecule has 0 aliphatic rings. The lowest BCUT2D eigenvalue weighted by Gasteiger charge is -2.34. The molecule has 2 rings (SSSR count). The molecule has 90 valence electrons. The normalized spacial score (nSPS) is 14.5. The molecule has 0 fully saturated rings. The summed E-state index contributed by atoms with van der Waals surface area (Å²) in [4.78, 5) is 4.17. The monoisotopic (exact) mass is 229 g/mol. The Kier molecular flexibility index (Phi) is 3.59. The molecule has 2 N–H and O–H groups in total. The minimum atomic E-state index is -0.0630. The number of rotatable bonds is 5. The fourth-order valence-corrected chi connectivity index (χ4v) is 2.49. The van der Waals surface area contributed by atoms with Crippen molar-refractivity contribution in [2.75, 3.05) is 6.54 Å². The number of imidazole rings is 1. The first-order chi connectivity index (χ1) is 8.33. The molecule has 1 heterocycles. The topological polar surface area (TPSA) is 43.8 Å². The van der Waals surface area contributed by atoms with Gasteiger partial charge in [0.2, 0.25) is 0 Å². The quantitative estimate of drug-likeness (QED) is 0.855. The van der Waals surface area contributed by atoms with Crippen LogP contribution in [0.3, 0.4) is 0 Å². The molecule has 1 atom stereocenters. The second-order valence-electron chi connectivity index (χ2n) is 4.26. The Balaban J connectivity index is 2.50. The second kappa shape index (κ2) is 5.15. The first-order valence-electron chi connectivity index (χ1n) is 6.07. The Morgan fingerprint density at radius 2 is 2.06 bits per heavy atom. The SMILES string of the molecule is CCC(CCN)(c1ccccc1)n1ccnc1. The molecule has 0 bridgehead atoms. The van der Waals surface area contributed by atoms with Crippen molar-refractivity contribution in [1.29, 1.82) is 0 Å². The summed E-state index contributed by atoms with van der Waals surface area (Å²) in [5.74, 6) is 0. The highest BCUT2D eigenvalue weighted by Gasteiger charge is 2.30. The molecule has 3 nitrogen and oxygen atoms in total. The molecule has 0 saturated heterocycles. The van der Waals surface area contributed by atoms with Crippen molar-refractivity contribution in [2.24, 2.45) is 5.73 Å². The van der Waals surface area contributed by atoms with Gasteiger partial charge in [-0.05, 0) is 24.9 Å². The van der Waals surface area contributed by atoms with Gasteiger partial charge in [-0.2, -0.15) is 0 Å². The van der Waals surface area contributed by atoms with Gasteiger partial charge in [-0.25, -0.2) is 4.98 Å². The number of benzene rings is 1. The van der Waals surface area contributed by atoms with Gasteiger partial charge in [-0.15, -0.1) is 0 Å². The van der Waals surface area contributed by atoms with E-state index in [-0.39, 0.29) is 5.54 Å². The maximum atomic E-state index is 5.80. The standard InChI is InChI=1S/C14H19N3/c1-2-14(8-9-15,17-11-10-16-12-17)13-6-4-3-5-7-13/h3-7,10-12H,2,8-9,15H2,1H3. The van der Waals surface area contributed by atoms with E-state index >= 15 is 0 Å². The van der Waals surface area contributed by atoms with Gasteiger partial charge in [0, 0.05) is 12.4 Å². The van der Waals surface area contributed by atoms with Gasteiger partial charge in [-0.3, -0.25) is 0 Å². The summed E-state index contributed by atoms with van der Waals surface area (Å²) in [6.07, 6.45) is 7.65. The van der Waals surface area contributed by atoms with E-state index in [4.69, 9.17) is 5.73 Å². The predicted octanol–water partition coefficient (Wildman–Crippen LogP) is 2.39. The summed E-state index contributed by atoms with van der Waals surface area (Å²) in [7, 11) is 0. The lowest BCUT2D eigenvalue weighted by molar-refractivity contribution is 0.319. The largest absolute Gasteiger partial charge is 0.330 e. The summed E-state index contributed by atoms with van der Waals surface area (Å²) in [5.41, 5.74) is 7.03. The smallest absolute Gasteiger partial charge is 0.0953 e. The second-order valence-corrected chi connectivity index (χ2v) is 4.26. The summed E-state index contributed by atoms with van der Waals surface area (Å²) in [6.45, 7) is 2.86. The molecule has 0 saturated carbocycles. The zero-order valence-electron chi connectivity index (χ0n) is 10.2. The van der Waals surface area contributed by atoms with Gasteiger partial charge in [0.25, 0.3) is 0 Å². The van der Waals surface area contributed by atoms with Crippen molar-refractivity contribution in [2.45, 2.75) is 25.3 Å². The van der Waals surface area contributed by atoms with E-state index in [9.17, 15) is 0 Å². The molecule has 17 heavy (non-hydrogen) atoms. The van der Waals surface area contributed by atoms with Gasteiger partial charge in [0.05, 0.1) is 11.9 Å². The van der Waals surface area contributed by atoms with Crippen molar-refractivity contribution in [1.82, 2.24) is 9.55 Å². The number of hydrogen-bond acceptors (Lipinski definition) is 2. The highest BCUT2D eigenvalue weighted by Crippen LogP contribution is 2.32. The van der Waals surface area contributed by atoms with Crippen molar-refractivity contribution in [3.8, 4) is 0 Å². The van der Waals surface area contributed by atoms with E-state index in [1.54, 1.807) is 0 Å². The van der Waals surface area contributed by atoms with Crippen LogP contribution in [0.4, 0.5) is 0 Å². The third-order valence-electron chi connectivity index (χ3n) is 3.45. The Hall–Kier alpha value is -1.61. The van der Waals surface area contributed by atoms with E-state index in [1.165, 1.54) is 5.56 Å². The van der Waals surface area contributed by atoms with Gasteiger partial charge < -0.3 is 10.3 Å². The highest BCUT2D eigenvalue weighted by molar-refractivity contribution is 5.26. The molecular formula is C14H19N3. The number of aromatic nitrogens is 2. The third-order valence-corrected chi connectivity index (χ3v) is 3.45. The van der Waals surface area contributed by atoms with Crippen LogP contribution in [0.15, 0.2) is 49.1 Å². The van der Waals surface area contributed by atoms with Gasteiger partial charge >= 0.3 is 0 Å². The lowest BCUT2D eigenvalue weighted by atomic mass is 9.84. The first kappa shape index (κ1) is 11.9. The molecule has 2 aromatic rings. The van der Waals surface area contributed by atoms with Crippen LogP contribution < -0.4 is 5.73 Å². The Bertz CT molecular complexity index is 436. The molecule has 0 aliphatic heterocycles. The minimum Gasteiger partial charge on any atom is -0.330 e. The molecule has 3 heteroatoms. The molecule has 1 unspecified atom stereocenters. The van der Waals surface area contributed by atoms with Crippen molar-refractivity contribution >= 4 is 0 Å². The van der Waals surface area contributed by atoms with Crippen LogP contribution in [0.1, 0.15) is 25.3 Å². The van der Waals surface area contributed by atoms with Crippen LogP contribution in [0.5, 0.6) is 0 Å². The van der Waals surface area contributed by atoms with Gasteiger partial charge in [-0.1, -0.05) is 37.3 Å². The lowest BCUT2D eigenvalue weighted by Crippen LogP contribution is -2.35. The molecule has 0 amide bonds. The van der Waals surface area contributed by atoms with Gasteiger partial charge in [0.15, 0.2) is 0 Å². The number of nitrogens with two attached hydrogens (primary N) is 1. The van der Waals surface area contributed by atoms with E-state index in [0.29, 0.717) is 6.54 Å². The van der Waals surface area contributed by atoms with Gasteiger partial charge in [0.1, 0.15) is 0 Å². The van der Waals surface area contributed by atoms with Crippen LogP contribution >= 0.6 is 0 Å². The fraction of sp³-hybridized carbons (Fsp3) is 0.357. The summed E-state index contributed by atoms with van der Waals surface area (Å²) < 4.78 is 2.18. The number of hydrogen-bond donors (Lipinski definition) is 1. The van der Waals surface area contributed by atoms with Crippen LogP contribution in [-0.2, 0) is 5.54 Å². The Morgan fingerprint density at radius 3 is 2.59 bits per heavy atom. The van der Waals surface area contributed by atoms with E-state index < -0.39 is 0 Å². The average Bonchev–Trinajstić information content (AvgIpc) is 2.91. The molecule has 1 aromatic carbocycles. The van der Waals surface area contributed by atoms with E-state index in [0.717, 1.165) is 12.8 Å². The minimum absolute atomic E-state index is 0.0630. The molecule has 0 spiro atoms. The fourth-order valence-electron chi connectivity index (χ4n) is 2.49. The van der Waals surface area contributed by atoms with Crippen LogP contribution in [0.2, 0.25) is 0 Å². The van der Waals surface area contributed by atoms with Crippen LogP contribution in [0, 0.1) is 0 Å². The molecule has 0 radical (unpaired) electrons. The van der Waals surface area contributed by atoms with E-state index in [2.05, 4.69) is 40.7 Å². The Morgan fingerprint density at radius 1 is 1.29 bits per heavy atom. The van der Waals surface area contributed by atoms with Crippen molar-refractivity contribution in [3.63, 3.8) is 0 Å². The number of nitrogens with zero attached hydrogens (tertiary/aromatic N) is 2. The van der Waals surface area contributed by atoms with Crippen molar-refractivity contribution < 1.29 is 0 Å². The molecule has 1 aromatic heterocycles. The highest BCUT2D eigenvalue weighted by atomic mass is 15.1. The summed E-state index contributed by atoms with van der Waals surface area (Å²) in [6, 6.07) is 10.5.